The highest BCUT2D eigenvalue weighted by molar-refractivity contribution is 7.80. The van der Waals surface area contributed by atoms with Gasteiger partial charge in [0, 0.05) is 11.8 Å². The Morgan fingerprint density at radius 3 is 2.00 bits per heavy atom. The Kier molecular flexibility index (Phi) is 3.48. The first-order valence-electron chi connectivity index (χ1n) is 2.43. The summed E-state index contributed by atoms with van der Waals surface area (Å²) in [6, 6.07) is 0. The minimum absolute atomic E-state index is 0.384. The van der Waals surface area contributed by atoms with Gasteiger partial charge in [-0.05, 0) is 14.1 Å². The molecule has 0 aliphatic rings. The normalized spacial score (nSPS) is 15.0. The van der Waals surface area contributed by atoms with Crippen LogP contribution < -0.4 is 0 Å². The average molecular weight is 118 g/mol. The molecule has 0 rings (SSSR count). The summed E-state index contributed by atoms with van der Waals surface area (Å²) in [6.45, 7) is 3.05. The molecule has 0 saturated heterocycles. The number of hydrogen-bond donors (Lipinski definition) is 0. The third-order valence-electron chi connectivity index (χ3n) is 0.622. The van der Waals surface area contributed by atoms with Crippen LogP contribution in [0.2, 0.25) is 0 Å². The monoisotopic (exact) mass is 118 g/mol. The van der Waals surface area contributed by atoms with E-state index in [1.807, 2.05) is 21.0 Å². The third-order valence-corrected chi connectivity index (χ3v) is 0.771. The van der Waals surface area contributed by atoms with Gasteiger partial charge in [-0.3, -0.25) is 0 Å². The second-order valence-electron chi connectivity index (χ2n) is 2.07. The average Bonchev–Trinajstić information content (AvgIpc) is 1.27. The zero-order valence-electron chi connectivity index (χ0n) is 5.14. The van der Waals surface area contributed by atoms with E-state index in [1.165, 1.54) is 0 Å². The van der Waals surface area contributed by atoms with Crippen molar-refractivity contribution < 1.29 is 0 Å². The molecule has 0 aromatic rings. The van der Waals surface area contributed by atoms with Crippen LogP contribution in [0.15, 0.2) is 0 Å². The van der Waals surface area contributed by atoms with Crippen molar-refractivity contribution in [2.45, 2.75) is 12.2 Å². The quantitative estimate of drug-likeness (QED) is 0.525. The molecule has 0 fully saturated rings. The van der Waals surface area contributed by atoms with E-state index in [-0.39, 0.29) is 0 Å². The molecule has 0 saturated carbocycles. The molecule has 0 bridgehead atoms. The molecule has 0 N–H and O–H groups in total. The summed E-state index contributed by atoms with van der Waals surface area (Å²) in [5.41, 5.74) is 0. The second kappa shape index (κ2) is 3.33. The molecule has 0 aromatic carbocycles. The molecule has 1 atom stereocenters. The number of rotatable bonds is 2. The van der Waals surface area contributed by atoms with E-state index in [4.69, 9.17) is 12.6 Å². The maximum absolute atomic E-state index is 4.91. The van der Waals surface area contributed by atoms with Crippen LogP contribution in [0, 0.1) is 0 Å². The fraction of sp³-hybridized carbons (Fsp3) is 1.00. The highest BCUT2D eigenvalue weighted by atomic mass is 32.1. The lowest BCUT2D eigenvalue weighted by atomic mass is 10.4. The molecule has 1 nitrogen and oxygen atoms in total. The Balaban J connectivity index is 2.95. The van der Waals surface area contributed by atoms with Gasteiger partial charge in [0.05, 0.1) is 0 Å². The Morgan fingerprint density at radius 2 is 2.00 bits per heavy atom. The van der Waals surface area contributed by atoms with Gasteiger partial charge in [0.25, 0.3) is 0 Å². The lowest BCUT2D eigenvalue weighted by molar-refractivity contribution is 0.414. The van der Waals surface area contributed by atoms with Gasteiger partial charge in [0.2, 0.25) is 0 Å². The lowest BCUT2D eigenvalue weighted by Gasteiger charge is -2.09. The van der Waals surface area contributed by atoms with Crippen molar-refractivity contribution in [2.24, 2.45) is 0 Å². The third kappa shape index (κ3) is 6.31. The largest absolute Gasteiger partial charge is 0.308 e. The van der Waals surface area contributed by atoms with Crippen molar-refractivity contribution in [1.82, 2.24) is 4.90 Å². The molecule has 1 radical (unpaired) electrons. The van der Waals surface area contributed by atoms with E-state index in [9.17, 15) is 0 Å². The fourth-order valence-electron chi connectivity index (χ4n) is 0.514. The highest BCUT2D eigenvalue weighted by Gasteiger charge is 1.94. The molecular formula is C5H12NS. The molecule has 43 valence electrons. The smallest absolute Gasteiger partial charge is 0.0250 e. The van der Waals surface area contributed by atoms with Crippen molar-refractivity contribution >= 4 is 12.6 Å². The Morgan fingerprint density at radius 1 is 1.57 bits per heavy atom. The van der Waals surface area contributed by atoms with Crippen molar-refractivity contribution in [3.63, 3.8) is 0 Å². The van der Waals surface area contributed by atoms with Gasteiger partial charge in [-0.25, -0.2) is 0 Å². The Bertz CT molecular complexity index is 37.3. The van der Waals surface area contributed by atoms with Crippen LogP contribution in [-0.2, 0) is 0 Å². The standard InChI is InChI=1S/C5H12NS/c1-5(7)4-6(2)3/h5H,4H2,1-3H3. The summed E-state index contributed by atoms with van der Waals surface area (Å²) < 4.78 is 0. The zero-order chi connectivity index (χ0) is 5.86. The topological polar surface area (TPSA) is 3.24 Å². The summed E-state index contributed by atoms with van der Waals surface area (Å²) in [5.74, 6) is 0. The van der Waals surface area contributed by atoms with Crippen LogP contribution in [0.25, 0.3) is 0 Å². The fourth-order valence-corrected chi connectivity index (χ4v) is 0.812. The molecule has 7 heavy (non-hydrogen) atoms. The first-order valence-corrected chi connectivity index (χ1v) is 2.90. The van der Waals surface area contributed by atoms with Crippen molar-refractivity contribution in [2.75, 3.05) is 20.6 Å². The van der Waals surface area contributed by atoms with Crippen molar-refractivity contribution in [3.05, 3.63) is 0 Å². The van der Waals surface area contributed by atoms with Gasteiger partial charge in [-0.1, -0.05) is 19.6 Å². The van der Waals surface area contributed by atoms with E-state index in [2.05, 4.69) is 4.90 Å². The van der Waals surface area contributed by atoms with E-state index in [0.717, 1.165) is 6.54 Å². The van der Waals surface area contributed by atoms with Crippen LogP contribution in [-0.4, -0.2) is 30.8 Å². The molecule has 1 unspecified atom stereocenters. The van der Waals surface area contributed by atoms with E-state index >= 15 is 0 Å². The minimum Gasteiger partial charge on any atom is -0.308 e. The summed E-state index contributed by atoms with van der Waals surface area (Å²) >= 11 is 4.91. The molecule has 0 aromatic heterocycles. The Labute approximate surface area is 51.1 Å². The number of nitrogens with zero attached hydrogens (tertiary/aromatic N) is 1. The summed E-state index contributed by atoms with van der Waals surface area (Å²) in [4.78, 5) is 2.09. The van der Waals surface area contributed by atoms with Crippen LogP contribution in [0.3, 0.4) is 0 Å². The minimum atomic E-state index is 0.384. The van der Waals surface area contributed by atoms with Crippen LogP contribution in [0.5, 0.6) is 0 Å². The highest BCUT2D eigenvalue weighted by Crippen LogP contribution is 1.91. The molecule has 0 spiro atoms. The van der Waals surface area contributed by atoms with Crippen molar-refractivity contribution in [1.29, 1.82) is 0 Å². The van der Waals surface area contributed by atoms with Crippen LogP contribution in [0.1, 0.15) is 6.92 Å². The first kappa shape index (κ1) is 7.31. The van der Waals surface area contributed by atoms with Gasteiger partial charge < -0.3 is 4.90 Å². The van der Waals surface area contributed by atoms with Gasteiger partial charge in [-0.15, -0.1) is 0 Å². The van der Waals surface area contributed by atoms with Gasteiger partial charge in [-0.2, -0.15) is 0 Å². The second-order valence-corrected chi connectivity index (χ2v) is 2.88. The first-order chi connectivity index (χ1) is 3.13. The van der Waals surface area contributed by atoms with E-state index < -0.39 is 0 Å². The van der Waals surface area contributed by atoms with Gasteiger partial charge >= 0.3 is 0 Å². The predicted octanol–water partition coefficient (Wildman–Crippen LogP) is 1.13. The summed E-state index contributed by atoms with van der Waals surface area (Å²) in [7, 11) is 4.06. The van der Waals surface area contributed by atoms with Gasteiger partial charge in [0.1, 0.15) is 0 Å². The maximum Gasteiger partial charge on any atom is 0.0250 e. The summed E-state index contributed by atoms with van der Waals surface area (Å²) in [5, 5.41) is 0.384. The van der Waals surface area contributed by atoms with Crippen LogP contribution >= 0.6 is 12.6 Å². The molecular weight excluding hydrogens is 106 g/mol. The summed E-state index contributed by atoms with van der Waals surface area (Å²) in [6.07, 6.45) is 0. The SMILES string of the molecule is CC([S])CN(C)C. The van der Waals surface area contributed by atoms with Gasteiger partial charge in [0.15, 0.2) is 0 Å². The predicted molar refractivity (Wildman–Crippen MR) is 35.6 cm³/mol. The lowest BCUT2D eigenvalue weighted by Crippen LogP contribution is -2.19. The molecule has 0 amide bonds. The zero-order valence-corrected chi connectivity index (χ0v) is 5.96. The van der Waals surface area contributed by atoms with Crippen LogP contribution in [0.4, 0.5) is 0 Å². The number of hydrogen-bond acceptors (Lipinski definition) is 1. The molecule has 0 heterocycles. The van der Waals surface area contributed by atoms with E-state index in [0.29, 0.717) is 5.25 Å². The Hall–Kier alpha value is 0.310. The molecule has 2 heteroatoms. The molecule has 0 aliphatic carbocycles. The van der Waals surface area contributed by atoms with Crippen molar-refractivity contribution in [3.8, 4) is 0 Å². The molecule has 0 aliphatic heterocycles. The van der Waals surface area contributed by atoms with E-state index in [1.54, 1.807) is 0 Å². The maximum atomic E-state index is 4.91.